The summed E-state index contributed by atoms with van der Waals surface area (Å²) in [6, 6.07) is 3.61. The SMILES string of the molecule is CC1(CNC(=O)/C=C/c2ccco2)CCCNC1. The summed E-state index contributed by atoms with van der Waals surface area (Å²) in [6.45, 7) is 4.97. The molecular formula is C14H20N2O2. The molecule has 1 fully saturated rings. The van der Waals surface area contributed by atoms with Gasteiger partial charge in [0, 0.05) is 19.2 Å². The van der Waals surface area contributed by atoms with Crippen molar-refractivity contribution < 1.29 is 9.21 Å². The first-order chi connectivity index (χ1) is 8.68. The van der Waals surface area contributed by atoms with Crippen molar-refractivity contribution in [3.05, 3.63) is 30.2 Å². The molecule has 1 aliphatic rings. The lowest BCUT2D eigenvalue weighted by Gasteiger charge is -2.34. The Morgan fingerprint density at radius 2 is 2.56 bits per heavy atom. The smallest absolute Gasteiger partial charge is 0.244 e. The van der Waals surface area contributed by atoms with E-state index in [4.69, 9.17) is 4.42 Å². The summed E-state index contributed by atoms with van der Waals surface area (Å²) in [5, 5.41) is 6.32. The molecule has 0 saturated carbocycles. The number of hydrogen-bond donors (Lipinski definition) is 2. The molecule has 18 heavy (non-hydrogen) atoms. The van der Waals surface area contributed by atoms with Gasteiger partial charge in [-0.2, -0.15) is 0 Å². The Morgan fingerprint density at radius 1 is 1.67 bits per heavy atom. The largest absolute Gasteiger partial charge is 0.465 e. The van der Waals surface area contributed by atoms with Crippen molar-refractivity contribution in [3.8, 4) is 0 Å². The van der Waals surface area contributed by atoms with Crippen LogP contribution in [0.4, 0.5) is 0 Å². The zero-order chi connectivity index (χ0) is 12.8. The van der Waals surface area contributed by atoms with Crippen LogP contribution in [0.3, 0.4) is 0 Å². The number of carbonyl (C=O) groups is 1. The number of piperidine rings is 1. The molecule has 98 valence electrons. The molecule has 1 aromatic rings. The van der Waals surface area contributed by atoms with Crippen molar-refractivity contribution in [2.45, 2.75) is 19.8 Å². The second-order valence-corrected chi connectivity index (χ2v) is 5.16. The van der Waals surface area contributed by atoms with Crippen molar-refractivity contribution >= 4 is 12.0 Å². The zero-order valence-corrected chi connectivity index (χ0v) is 10.7. The van der Waals surface area contributed by atoms with Crippen LogP contribution in [0.25, 0.3) is 6.08 Å². The molecule has 1 unspecified atom stereocenters. The first-order valence-corrected chi connectivity index (χ1v) is 6.38. The van der Waals surface area contributed by atoms with Gasteiger partial charge >= 0.3 is 0 Å². The minimum Gasteiger partial charge on any atom is -0.465 e. The van der Waals surface area contributed by atoms with Gasteiger partial charge in [0.2, 0.25) is 5.91 Å². The third-order valence-electron chi connectivity index (χ3n) is 3.32. The molecule has 4 nitrogen and oxygen atoms in total. The van der Waals surface area contributed by atoms with Crippen molar-refractivity contribution in [2.75, 3.05) is 19.6 Å². The first kappa shape index (κ1) is 12.9. The third-order valence-corrected chi connectivity index (χ3v) is 3.32. The second kappa shape index (κ2) is 5.87. The van der Waals surface area contributed by atoms with Crippen LogP contribution in [0.2, 0.25) is 0 Å². The highest BCUT2D eigenvalue weighted by Gasteiger charge is 2.26. The van der Waals surface area contributed by atoms with Crippen LogP contribution < -0.4 is 10.6 Å². The first-order valence-electron chi connectivity index (χ1n) is 6.38. The van der Waals surface area contributed by atoms with Gasteiger partial charge in [-0.1, -0.05) is 6.92 Å². The summed E-state index contributed by atoms with van der Waals surface area (Å²) in [4.78, 5) is 11.7. The van der Waals surface area contributed by atoms with Crippen LogP contribution in [0.5, 0.6) is 0 Å². The number of hydrogen-bond acceptors (Lipinski definition) is 3. The molecule has 0 spiro atoms. The lowest BCUT2D eigenvalue weighted by Crippen LogP contribution is -2.45. The normalized spacial score (nSPS) is 24.3. The van der Waals surface area contributed by atoms with Crippen molar-refractivity contribution in [2.24, 2.45) is 5.41 Å². The fraction of sp³-hybridized carbons (Fsp3) is 0.500. The Hall–Kier alpha value is -1.55. The maximum absolute atomic E-state index is 11.7. The van der Waals surface area contributed by atoms with Gasteiger partial charge in [-0.3, -0.25) is 4.79 Å². The number of furan rings is 1. The van der Waals surface area contributed by atoms with Crippen LogP contribution >= 0.6 is 0 Å². The van der Waals surface area contributed by atoms with E-state index < -0.39 is 0 Å². The molecule has 1 amide bonds. The highest BCUT2D eigenvalue weighted by atomic mass is 16.3. The minimum absolute atomic E-state index is 0.0711. The summed E-state index contributed by atoms with van der Waals surface area (Å²) >= 11 is 0. The van der Waals surface area contributed by atoms with E-state index >= 15 is 0 Å². The maximum Gasteiger partial charge on any atom is 0.244 e. The molecule has 0 aliphatic carbocycles. The molecule has 0 aromatic carbocycles. The predicted octanol–water partition coefficient (Wildman–Crippen LogP) is 1.80. The number of amides is 1. The molecule has 2 N–H and O–H groups in total. The highest BCUT2D eigenvalue weighted by Crippen LogP contribution is 2.24. The van der Waals surface area contributed by atoms with E-state index in [1.165, 1.54) is 12.5 Å². The van der Waals surface area contributed by atoms with Crippen LogP contribution in [0.1, 0.15) is 25.5 Å². The van der Waals surface area contributed by atoms with Gasteiger partial charge in [0.25, 0.3) is 0 Å². The van der Waals surface area contributed by atoms with Gasteiger partial charge in [0.05, 0.1) is 6.26 Å². The fourth-order valence-electron chi connectivity index (χ4n) is 2.17. The van der Waals surface area contributed by atoms with Gasteiger partial charge < -0.3 is 15.1 Å². The summed E-state index contributed by atoms with van der Waals surface area (Å²) in [7, 11) is 0. The molecule has 0 radical (unpaired) electrons. The molecule has 0 bridgehead atoms. The van der Waals surface area contributed by atoms with Crippen LogP contribution in [-0.4, -0.2) is 25.5 Å². The lowest BCUT2D eigenvalue weighted by atomic mass is 9.83. The summed E-state index contributed by atoms with van der Waals surface area (Å²) < 4.78 is 5.12. The van der Waals surface area contributed by atoms with E-state index in [0.29, 0.717) is 12.3 Å². The van der Waals surface area contributed by atoms with E-state index in [1.54, 1.807) is 18.4 Å². The average Bonchev–Trinajstić information content (AvgIpc) is 2.88. The number of rotatable bonds is 4. The topological polar surface area (TPSA) is 54.3 Å². The van der Waals surface area contributed by atoms with E-state index in [9.17, 15) is 4.79 Å². The van der Waals surface area contributed by atoms with Crippen LogP contribution in [0.15, 0.2) is 28.9 Å². The molecular weight excluding hydrogens is 228 g/mol. The second-order valence-electron chi connectivity index (χ2n) is 5.16. The van der Waals surface area contributed by atoms with Crippen molar-refractivity contribution in [3.63, 3.8) is 0 Å². The van der Waals surface area contributed by atoms with Crippen molar-refractivity contribution in [1.29, 1.82) is 0 Å². The third kappa shape index (κ3) is 3.74. The van der Waals surface area contributed by atoms with Gasteiger partial charge in [-0.15, -0.1) is 0 Å². The Balaban J connectivity index is 1.77. The summed E-state index contributed by atoms with van der Waals surface area (Å²) in [5.74, 6) is 0.619. The highest BCUT2D eigenvalue weighted by molar-refractivity contribution is 5.91. The Kier molecular flexibility index (Phi) is 4.20. The maximum atomic E-state index is 11.7. The molecule has 2 rings (SSSR count). The Bertz CT molecular complexity index is 403. The van der Waals surface area contributed by atoms with E-state index in [2.05, 4.69) is 17.6 Å². The van der Waals surface area contributed by atoms with Crippen molar-refractivity contribution in [1.82, 2.24) is 10.6 Å². The number of nitrogens with one attached hydrogen (secondary N) is 2. The Labute approximate surface area is 107 Å². The molecule has 4 heteroatoms. The van der Waals surface area contributed by atoms with Crippen LogP contribution in [0, 0.1) is 5.41 Å². The monoisotopic (exact) mass is 248 g/mol. The van der Waals surface area contributed by atoms with Gasteiger partial charge in [-0.25, -0.2) is 0 Å². The zero-order valence-electron chi connectivity index (χ0n) is 10.7. The fourth-order valence-corrected chi connectivity index (χ4v) is 2.17. The quantitative estimate of drug-likeness (QED) is 0.799. The molecule has 1 saturated heterocycles. The molecule has 2 heterocycles. The molecule has 1 atom stereocenters. The predicted molar refractivity (Wildman–Crippen MR) is 71.0 cm³/mol. The van der Waals surface area contributed by atoms with Gasteiger partial charge in [-0.05, 0) is 43.0 Å². The van der Waals surface area contributed by atoms with E-state index in [0.717, 1.165) is 19.5 Å². The minimum atomic E-state index is -0.0711. The average molecular weight is 248 g/mol. The molecule has 1 aromatic heterocycles. The van der Waals surface area contributed by atoms with Gasteiger partial charge in [0.1, 0.15) is 5.76 Å². The van der Waals surface area contributed by atoms with E-state index in [1.807, 2.05) is 6.07 Å². The summed E-state index contributed by atoms with van der Waals surface area (Å²) in [6.07, 6.45) is 7.11. The summed E-state index contributed by atoms with van der Waals surface area (Å²) in [5.41, 5.74) is 0.173. The van der Waals surface area contributed by atoms with Gasteiger partial charge in [0.15, 0.2) is 0 Å². The standard InChI is InChI=1S/C14H20N2O2/c1-14(7-3-8-15-10-14)11-16-13(17)6-5-12-4-2-9-18-12/h2,4-6,9,15H,3,7-8,10-11H2,1H3,(H,16,17)/b6-5+. The molecule has 1 aliphatic heterocycles. The number of carbonyl (C=O) groups excluding carboxylic acids is 1. The lowest BCUT2D eigenvalue weighted by molar-refractivity contribution is -0.117. The van der Waals surface area contributed by atoms with E-state index in [-0.39, 0.29) is 11.3 Å². The Morgan fingerprint density at radius 3 is 3.22 bits per heavy atom. The van der Waals surface area contributed by atoms with Crippen LogP contribution in [-0.2, 0) is 4.79 Å².